The van der Waals surface area contributed by atoms with Crippen LogP contribution in [0.3, 0.4) is 0 Å². The van der Waals surface area contributed by atoms with Crippen molar-refractivity contribution in [3.05, 3.63) is 29.6 Å². The third-order valence-electron chi connectivity index (χ3n) is 2.24. The number of methoxy groups -OCH3 is 1. The minimum atomic E-state index is -0.406. The van der Waals surface area contributed by atoms with Crippen molar-refractivity contribution in [2.24, 2.45) is 0 Å². The van der Waals surface area contributed by atoms with E-state index in [1.54, 1.807) is 13.2 Å². The number of halogens is 1. The van der Waals surface area contributed by atoms with Gasteiger partial charge in [0.1, 0.15) is 6.61 Å². The highest BCUT2D eigenvalue weighted by atomic mass is 19.1. The van der Waals surface area contributed by atoms with Gasteiger partial charge in [0.15, 0.2) is 11.6 Å². The van der Waals surface area contributed by atoms with Crippen molar-refractivity contribution in [1.29, 1.82) is 0 Å². The SMILES string of the molecule is COCCCCOc1cc(C#CCO)ccc1F. The van der Waals surface area contributed by atoms with Crippen LogP contribution in [-0.2, 0) is 4.74 Å². The molecule has 3 nitrogen and oxygen atoms in total. The van der Waals surface area contributed by atoms with Gasteiger partial charge in [0.05, 0.1) is 6.61 Å². The molecule has 1 aromatic carbocycles. The fraction of sp³-hybridized carbons (Fsp3) is 0.429. The molecule has 0 aromatic heterocycles. The number of unbranched alkanes of at least 4 members (excludes halogenated alkanes) is 1. The monoisotopic (exact) mass is 252 g/mol. The average Bonchev–Trinajstić information content (AvgIpc) is 2.39. The van der Waals surface area contributed by atoms with Crippen LogP contribution in [0.25, 0.3) is 0 Å². The van der Waals surface area contributed by atoms with E-state index >= 15 is 0 Å². The Labute approximate surface area is 107 Å². The molecule has 0 atom stereocenters. The van der Waals surface area contributed by atoms with E-state index in [-0.39, 0.29) is 12.4 Å². The third kappa shape index (κ3) is 5.17. The van der Waals surface area contributed by atoms with Crippen LogP contribution in [0.15, 0.2) is 18.2 Å². The van der Waals surface area contributed by atoms with Crippen LogP contribution in [0.4, 0.5) is 4.39 Å². The van der Waals surface area contributed by atoms with Crippen molar-refractivity contribution >= 4 is 0 Å². The molecule has 18 heavy (non-hydrogen) atoms. The van der Waals surface area contributed by atoms with Gasteiger partial charge in [-0.2, -0.15) is 0 Å². The Kier molecular flexibility index (Phi) is 6.85. The zero-order valence-electron chi connectivity index (χ0n) is 10.4. The second kappa shape index (κ2) is 8.51. The molecule has 0 aliphatic heterocycles. The maximum atomic E-state index is 13.4. The van der Waals surface area contributed by atoms with Gasteiger partial charge in [-0.05, 0) is 31.0 Å². The van der Waals surface area contributed by atoms with Crippen molar-refractivity contribution in [1.82, 2.24) is 0 Å². The van der Waals surface area contributed by atoms with E-state index in [4.69, 9.17) is 14.6 Å². The second-order valence-corrected chi connectivity index (χ2v) is 3.65. The van der Waals surface area contributed by atoms with Crippen molar-refractivity contribution in [2.75, 3.05) is 26.9 Å². The molecule has 0 fully saturated rings. The number of benzene rings is 1. The number of rotatable bonds is 6. The second-order valence-electron chi connectivity index (χ2n) is 3.65. The van der Waals surface area contributed by atoms with Gasteiger partial charge in [0.2, 0.25) is 0 Å². The van der Waals surface area contributed by atoms with Crippen LogP contribution in [0, 0.1) is 17.7 Å². The molecule has 1 rings (SSSR count). The molecular formula is C14H17FO3. The first-order chi connectivity index (χ1) is 8.77. The van der Waals surface area contributed by atoms with Gasteiger partial charge in [-0.1, -0.05) is 11.8 Å². The van der Waals surface area contributed by atoms with Gasteiger partial charge >= 0.3 is 0 Å². The maximum absolute atomic E-state index is 13.4. The normalized spacial score (nSPS) is 9.72. The van der Waals surface area contributed by atoms with Gasteiger partial charge in [-0.15, -0.1) is 0 Å². The predicted molar refractivity (Wildman–Crippen MR) is 67.0 cm³/mol. The summed E-state index contributed by atoms with van der Waals surface area (Å²) in [5.74, 6) is 5.00. The molecule has 98 valence electrons. The van der Waals surface area contributed by atoms with Crippen LogP contribution >= 0.6 is 0 Å². The van der Waals surface area contributed by atoms with Crippen molar-refractivity contribution in [3.8, 4) is 17.6 Å². The van der Waals surface area contributed by atoms with Crippen molar-refractivity contribution in [3.63, 3.8) is 0 Å². The fourth-order valence-electron chi connectivity index (χ4n) is 1.36. The standard InChI is InChI=1S/C14H17FO3/c1-17-9-2-3-10-18-14-11-12(5-4-8-16)6-7-13(14)15/h6-7,11,16H,2-3,8-10H2,1H3. The first kappa shape index (κ1) is 14.5. The van der Waals surface area contributed by atoms with Crippen LogP contribution in [-0.4, -0.2) is 32.0 Å². The van der Waals surface area contributed by atoms with Crippen molar-refractivity contribution < 1.29 is 19.0 Å². The lowest BCUT2D eigenvalue weighted by Crippen LogP contribution is -2.01. The largest absolute Gasteiger partial charge is 0.490 e. The number of aliphatic hydroxyl groups is 1. The summed E-state index contributed by atoms with van der Waals surface area (Å²) in [4.78, 5) is 0. The fourth-order valence-corrected chi connectivity index (χ4v) is 1.36. The van der Waals surface area contributed by atoms with E-state index in [0.29, 0.717) is 18.8 Å². The van der Waals surface area contributed by atoms with Crippen LogP contribution in [0.5, 0.6) is 5.75 Å². The molecule has 1 aromatic rings. The first-order valence-electron chi connectivity index (χ1n) is 5.79. The van der Waals surface area contributed by atoms with E-state index in [1.807, 2.05) is 0 Å². The quantitative estimate of drug-likeness (QED) is 0.621. The Bertz CT molecular complexity index is 421. The van der Waals surface area contributed by atoms with Gasteiger partial charge in [-0.3, -0.25) is 0 Å². The molecule has 4 heteroatoms. The zero-order valence-corrected chi connectivity index (χ0v) is 10.4. The number of hydrogen-bond acceptors (Lipinski definition) is 3. The van der Waals surface area contributed by atoms with Gasteiger partial charge in [0, 0.05) is 19.3 Å². The van der Waals surface area contributed by atoms with E-state index in [2.05, 4.69) is 11.8 Å². The van der Waals surface area contributed by atoms with E-state index in [0.717, 1.165) is 12.8 Å². The smallest absolute Gasteiger partial charge is 0.165 e. The molecule has 0 spiro atoms. The molecule has 0 unspecified atom stereocenters. The highest BCUT2D eigenvalue weighted by Gasteiger charge is 2.03. The Morgan fingerprint density at radius 2 is 2.06 bits per heavy atom. The van der Waals surface area contributed by atoms with Crippen LogP contribution < -0.4 is 4.74 Å². The van der Waals surface area contributed by atoms with Crippen molar-refractivity contribution in [2.45, 2.75) is 12.8 Å². The summed E-state index contributed by atoms with van der Waals surface area (Å²) in [7, 11) is 1.64. The highest BCUT2D eigenvalue weighted by molar-refractivity contribution is 5.40. The molecule has 1 N–H and O–H groups in total. The minimum absolute atomic E-state index is 0.192. The van der Waals surface area contributed by atoms with E-state index < -0.39 is 5.82 Å². The molecule has 0 saturated heterocycles. The number of hydrogen-bond donors (Lipinski definition) is 1. The zero-order chi connectivity index (χ0) is 13.2. The van der Waals surface area contributed by atoms with Gasteiger partial charge in [0.25, 0.3) is 0 Å². The predicted octanol–water partition coefficient (Wildman–Crippen LogP) is 1.97. The number of aliphatic hydroxyl groups excluding tert-OH is 1. The summed E-state index contributed by atoms with van der Waals surface area (Å²) in [5.41, 5.74) is 0.623. The van der Waals surface area contributed by atoms with Crippen LogP contribution in [0.1, 0.15) is 18.4 Å². The molecule has 0 radical (unpaired) electrons. The minimum Gasteiger partial charge on any atom is -0.490 e. The third-order valence-corrected chi connectivity index (χ3v) is 2.24. The Hall–Kier alpha value is -1.57. The molecular weight excluding hydrogens is 235 g/mol. The lowest BCUT2D eigenvalue weighted by Gasteiger charge is -2.07. The molecule has 0 aliphatic rings. The molecule has 0 bridgehead atoms. The van der Waals surface area contributed by atoms with Gasteiger partial charge in [-0.25, -0.2) is 4.39 Å². The van der Waals surface area contributed by atoms with Crippen LogP contribution in [0.2, 0.25) is 0 Å². The molecule has 0 heterocycles. The summed E-state index contributed by atoms with van der Waals surface area (Å²) in [6, 6.07) is 4.40. The molecule has 0 aliphatic carbocycles. The van der Waals surface area contributed by atoms with E-state index in [9.17, 15) is 4.39 Å². The molecule has 0 amide bonds. The lowest BCUT2D eigenvalue weighted by molar-refractivity contribution is 0.183. The Morgan fingerprint density at radius 1 is 1.28 bits per heavy atom. The van der Waals surface area contributed by atoms with E-state index in [1.165, 1.54) is 12.1 Å². The summed E-state index contributed by atoms with van der Waals surface area (Å²) < 4.78 is 23.7. The average molecular weight is 252 g/mol. The summed E-state index contributed by atoms with van der Waals surface area (Å²) in [6.07, 6.45) is 1.68. The highest BCUT2D eigenvalue weighted by Crippen LogP contribution is 2.18. The van der Waals surface area contributed by atoms with Gasteiger partial charge < -0.3 is 14.6 Å². The Morgan fingerprint density at radius 3 is 2.78 bits per heavy atom. The Balaban J connectivity index is 2.53. The summed E-state index contributed by atoms with van der Waals surface area (Å²) in [6.45, 7) is 0.898. The summed E-state index contributed by atoms with van der Waals surface area (Å²) in [5, 5.41) is 8.58. The maximum Gasteiger partial charge on any atom is 0.165 e. The number of ether oxygens (including phenoxy) is 2. The molecule has 0 saturated carbocycles. The first-order valence-corrected chi connectivity index (χ1v) is 5.79. The lowest BCUT2D eigenvalue weighted by atomic mass is 10.2. The topological polar surface area (TPSA) is 38.7 Å². The summed E-state index contributed by atoms with van der Waals surface area (Å²) >= 11 is 0.